The summed E-state index contributed by atoms with van der Waals surface area (Å²) < 4.78 is 0. The smallest absolute Gasteiger partial charge is 0.326 e. The van der Waals surface area contributed by atoms with E-state index >= 15 is 0 Å². The van der Waals surface area contributed by atoms with Crippen LogP contribution in [0.4, 0.5) is 5.95 Å². The van der Waals surface area contributed by atoms with Gasteiger partial charge >= 0.3 is 5.97 Å². The Morgan fingerprint density at radius 3 is 2.42 bits per heavy atom. The average molecular weight is 266 g/mol. The van der Waals surface area contributed by atoms with Crippen molar-refractivity contribution in [1.82, 2.24) is 15.2 Å². The monoisotopic (exact) mass is 266 g/mol. The Bertz CT molecular complexity index is 423. The van der Waals surface area contributed by atoms with Crippen LogP contribution in [0.1, 0.15) is 51.4 Å². The van der Waals surface area contributed by atoms with E-state index < -0.39 is 12.0 Å². The number of nitrogens with one attached hydrogen (secondary N) is 1. The van der Waals surface area contributed by atoms with Gasteiger partial charge in [0.25, 0.3) is 0 Å². The van der Waals surface area contributed by atoms with Gasteiger partial charge in [0.15, 0.2) is 0 Å². The van der Waals surface area contributed by atoms with E-state index in [0.29, 0.717) is 12.4 Å². The summed E-state index contributed by atoms with van der Waals surface area (Å²) in [4.78, 5) is 15.5. The summed E-state index contributed by atoms with van der Waals surface area (Å²) in [6.07, 6.45) is 3.92. The normalized spacial score (nSPS) is 12.2. The molecule has 0 aliphatic heterocycles. The first-order valence-electron chi connectivity index (χ1n) is 6.84. The Morgan fingerprint density at radius 2 is 1.89 bits per heavy atom. The minimum absolute atomic E-state index is 0.303. The Balaban J connectivity index is 2.81. The van der Waals surface area contributed by atoms with Gasteiger partial charge in [-0.05, 0) is 19.3 Å². The van der Waals surface area contributed by atoms with Crippen LogP contribution in [-0.4, -0.2) is 32.3 Å². The van der Waals surface area contributed by atoms with Crippen molar-refractivity contribution in [2.75, 3.05) is 5.32 Å². The first-order valence-corrected chi connectivity index (χ1v) is 6.84. The molecular formula is C13H22N4O2. The Hall–Kier alpha value is -1.72. The third-order valence-corrected chi connectivity index (χ3v) is 2.96. The number of nitrogens with zero attached hydrogens (tertiary/aromatic N) is 3. The standard InChI is InChI=1S/C13H22N4O2/c1-4-7-8-11(12(18)19)15-13-14-9(5-2)10(6-3)16-17-13/h11H,4-8H2,1-3H3,(H,18,19)(H,14,15,17)/t11-/m0/s1. The molecule has 2 N–H and O–H groups in total. The van der Waals surface area contributed by atoms with Crippen LogP contribution in [0.3, 0.4) is 0 Å². The van der Waals surface area contributed by atoms with Crippen LogP contribution in [-0.2, 0) is 17.6 Å². The summed E-state index contributed by atoms with van der Waals surface area (Å²) in [5.74, 6) is -0.577. The Kier molecular flexibility index (Phi) is 6.18. The van der Waals surface area contributed by atoms with Crippen molar-refractivity contribution < 1.29 is 9.90 Å². The molecule has 0 aliphatic carbocycles. The molecule has 0 fully saturated rings. The van der Waals surface area contributed by atoms with E-state index in [0.717, 1.165) is 37.1 Å². The fraction of sp³-hybridized carbons (Fsp3) is 0.692. The lowest BCUT2D eigenvalue weighted by Crippen LogP contribution is -2.30. The van der Waals surface area contributed by atoms with E-state index in [1.165, 1.54) is 0 Å². The minimum atomic E-state index is -0.880. The number of carbonyl (C=O) groups is 1. The maximum atomic E-state index is 11.1. The molecule has 0 spiro atoms. The molecule has 19 heavy (non-hydrogen) atoms. The Morgan fingerprint density at radius 1 is 1.21 bits per heavy atom. The van der Waals surface area contributed by atoms with Gasteiger partial charge in [0, 0.05) is 0 Å². The molecule has 1 aromatic rings. The van der Waals surface area contributed by atoms with Crippen molar-refractivity contribution in [3.63, 3.8) is 0 Å². The summed E-state index contributed by atoms with van der Waals surface area (Å²) in [7, 11) is 0. The number of anilines is 1. The van der Waals surface area contributed by atoms with Crippen LogP contribution in [0.25, 0.3) is 0 Å². The fourth-order valence-corrected chi connectivity index (χ4v) is 1.82. The zero-order valence-corrected chi connectivity index (χ0v) is 11.8. The maximum Gasteiger partial charge on any atom is 0.326 e. The molecule has 0 saturated carbocycles. The lowest BCUT2D eigenvalue weighted by atomic mass is 10.1. The molecule has 0 unspecified atom stereocenters. The number of carboxylic acids is 1. The third-order valence-electron chi connectivity index (χ3n) is 2.96. The van der Waals surface area contributed by atoms with Crippen molar-refractivity contribution in [3.05, 3.63) is 11.4 Å². The molecule has 1 aromatic heterocycles. The molecule has 0 saturated heterocycles. The summed E-state index contributed by atoms with van der Waals surface area (Å²) in [6, 6.07) is -0.654. The lowest BCUT2D eigenvalue weighted by Gasteiger charge is -2.14. The van der Waals surface area contributed by atoms with Crippen molar-refractivity contribution in [3.8, 4) is 0 Å². The second kappa shape index (κ2) is 7.66. The molecule has 0 bridgehead atoms. The van der Waals surface area contributed by atoms with Crippen LogP contribution in [0.2, 0.25) is 0 Å². The number of aryl methyl sites for hydroxylation is 2. The van der Waals surface area contributed by atoms with Gasteiger partial charge in [-0.2, -0.15) is 5.10 Å². The predicted molar refractivity (Wildman–Crippen MR) is 73.2 cm³/mol. The molecule has 0 radical (unpaired) electrons. The third kappa shape index (κ3) is 4.46. The number of carboxylic acid groups (broad SMARTS) is 1. The first kappa shape index (κ1) is 15.3. The van der Waals surface area contributed by atoms with Crippen molar-refractivity contribution >= 4 is 11.9 Å². The van der Waals surface area contributed by atoms with Crippen LogP contribution in [0, 0.1) is 0 Å². The minimum Gasteiger partial charge on any atom is -0.480 e. The summed E-state index contributed by atoms with van der Waals surface area (Å²) in [5.41, 5.74) is 1.74. The summed E-state index contributed by atoms with van der Waals surface area (Å²) >= 11 is 0. The largest absolute Gasteiger partial charge is 0.480 e. The molecule has 1 heterocycles. The fourth-order valence-electron chi connectivity index (χ4n) is 1.82. The molecule has 0 aliphatic rings. The second-order valence-corrected chi connectivity index (χ2v) is 4.41. The van der Waals surface area contributed by atoms with Gasteiger partial charge in [0.1, 0.15) is 6.04 Å². The molecule has 1 atom stereocenters. The van der Waals surface area contributed by atoms with Gasteiger partial charge < -0.3 is 10.4 Å². The summed E-state index contributed by atoms with van der Waals surface area (Å²) in [6.45, 7) is 6.03. The van der Waals surface area contributed by atoms with Crippen LogP contribution in [0.15, 0.2) is 0 Å². The Labute approximate surface area is 113 Å². The van der Waals surface area contributed by atoms with Crippen molar-refractivity contribution in [1.29, 1.82) is 0 Å². The van der Waals surface area contributed by atoms with Crippen molar-refractivity contribution in [2.24, 2.45) is 0 Å². The molecule has 6 nitrogen and oxygen atoms in total. The van der Waals surface area contributed by atoms with Crippen LogP contribution >= 0.6 is 0 Å². The van der Waals surface area contributed by atoms with E-state index in [-0.39, 0.29) is 0 Å². The number of unbranched alkanes of at least 4 members (excludes halogenated alkanes) is 1. The first-order chi connectivity index (χ1) is 9.12. The van der Waals surface area contributed by atoms with Gasteiger partial charge in [-0.15, -0.1) is 5.10 Å². The van der Waals surface area contributed by atoms with Crippen LogP contribution < -0.4 is 5.32 Å². The molecule has 6 heteroatoms. The van der Waals surface area contributed by atoms with Gasteiger partial charge in [0.05, 0.1) is 11.4 Å². The SMILES string of the molecule is CCCC[C@H](Nc1nnc(CC)c(CC)n1)C(=O)O. The van der Waals surface area contributed by atoms with Gasteiger partial charge in [-0.1, -0.05) is 33.6 Å². The zero-order chi connectivity index (χ0) is 14.3. The molecule has 0 amide bonds. The van der Waals surface area contributed by atoms with Gasteiger partial charge in [-0.3, -0.25) is 0 Å². The maximum absolute atomic E-state index is 11.1. The molecule has 0 aromatic carbocycles. The number of hydrogen-bond acceptors (Lipinski definition) is 5. The zero-order valence-electron chi connectivity index (χ0n) is 11.8. The highest BCUT2D eigenvalue weighted by atomic mass is 16.4. The molecule has 106 valence electrons. The summed E-state index contributed by atoms with van der Waals surface area (Å²) in [5, 5.41) is 20.1. The quantitative estimate of drug-likeness (QED) is 0.748. The van der Waals surface area contributed by atoms with E-state index in [2.05, 4.69) is 20.5 Å². The van der Waals surface area contributed by atoms with E-state index in [1.807, 2.05) is 20.8 Å². The lowest BCUT2D eigenvalue weighted by molar-refractivity contribution is -0.138. The second-order valence-electron chi connectivity index (χ2n) is 4.41. The van der Waals surface area contributed by atoms with Crippen LogP contribution in [0.5, 0.6) is 0 Å². The van der Waals surface area contributed by atoms with Gasteiger partial charge in [0.2, 0.25) is 5.95 Å². The molecule has 1 rings (SSSR count). The number of aromatic nitrogens is 3. The van der Waals surface area contributed by atoms with E-state index in [4.69, 9.17) is 5.11 Å². The number of hydrogen-bond donors (Lipinski definition) is 2. The predicted octanol–water partition coefficient (Wildman–Crippen LogP) is 2.05. The highest BCUT2D eigenvalue weighted by Gasteiger charge is 2.18. The number of rotatable bonds is 8. The molecular weight excluding hydrogens is 244 g/mol. The van der Waals surface area contributed by atoms with Crippen molar-refractivity contribution in [2.45, 2.75) is 58.9 Å². The van der Waals surface area contributed by atoms with Gasteiger partial charge in [-0.25, -0.2) is 9.78 Å². The topological polar surface area (TPSA) is 88.0 Å². The number of aliphatic carboxylic acids is 1. The van der Waals surface area contributed by atoms with E-state index in [1.54, 1.807) is 0 Å². The highest BCUT2D eigenvalue weighted by Crippen LogP contribution is 2.10. The highest BCUT2D eigenvalue weighted by molar-refractivity contribution is 5.76. The average Bonchev–Trinajstić information content (AvgIpc) is 2.42. The van der Waals surface area contributed by atoms with E-state index in [9.17, 15) is 4.79 Å².